The predicted molar refractivity (Wildman–Crippen MR) is 83.5 cm³/mol. The van der Waals surface area contributed by atoms with E-state index < -0.39 is 20.7 Å². The maximum atomic E-state index is 13.9. The molecule has 0 spiro atoms. The lowest BCUT2D eigenvalue weighted by Gasteiger charge is -2.17. The number of aryl methyl sites for hydroxylation is 1. The van der Waals surface area contributed by atoms with Gasteiger partial charge in [0, 0.05) is 24.2 Å². The molecular weight excluding hydrogens is 335 g/mol. The molecule has 0 atom stereocenters. The van der Waals surface area contributed by atoms with Crippen molar-refractivity contribution in [3.63, 3.8) is 0 Å². The van der Waals surface area contributed by atoms with Crippen LogP contribution in [-0.2, 0) is 16.6 Å². The number of thiophene rings is 1. The standard InChI is InChI=1S/C13H14ClFN2O2S2/c1-8-5-10(15)12(6-11(8)16)21(18,19)17(2)7-9-3-4-13(14)20-9/h3-6H,7,16H2,1-2H3. The summed E-state index contributed by atoms with van der Waals surface area (Å²) >= 11 is 7.09. The lowest BCUT2D eigenvalue weighted by Crippen LogP contribution is -2.27. The summed E-state index contributed by atoms with van der Waals surface area (Å²) in [6.45, 7) is 1.74. The van der Waals surface area contributed by atoms with Gasteiger partial charge in [0.25, 0.3) is 0 Å². The number of halogens is 2. The molecule has 0 fully saturated rings. The van der Waals surface area contributed by atoms with E-state index in [0.29, 0.717) is 9.90 Å². The number of nitrogen functional groups attached to an aromatic ring is 1. The van der Waals surface area contributed by atoms with Crippen LogP contribution in [0.3, 0.4) is 0 Å². The Morgan fingerprint density at radius 2 is 2.05 bits per heavy atom. The van der Waals surface area contributed by atoms with Gasteiger partial charge in [-0.25, -0.2) is 12.8 Å². The van der Waals surface area contributed by atoms with Crippen LogP contribution in [0.15, 0.2) is 29.2 Å². The van der Waals surface area contributed by atoms with Gasteiger partial charge in [0.05, 0.1) is 4.34 Å². The fourth-order valence-electron chi connectivity index (χ4n) is 1.78. The highest BCUT2D eigenvalue weighted by molar-refractivity contribution is 7.89. The molecule has 1 aromatic heterocycles. The van der Waals surface area contributed by atoms with Crippen LogP contribution < -0.4 is 5.73 Å². The first-order valence-electron chi connectivity index (χ1n) is 5.98. The van der Waals surface area contributed by atoms with E-state index in [1.807, 2.05) is 0 Å². The topological polar surface area (TPSA) is 63.4 Å². The van der Waals surface area contributed by atoms with E-state index in [4.69, 9.17) is 17.3 Å². The fourth-order valence-corrected chi connectivity index (χ4v) is 4.22. The molecule has 0 radical (unpaired) electrons. The van der Waals surface area contributed by atoms with Gasteiger partial charge in [-0.05, 0) is 36.8 Å². The van der Waals surface area contributed by atoms with E-state index in [1.54, 1.807) is 19.1 Å². The van der Waals surface area contributed by atoms with Gasteiger partial charge >= 0.3 is 0 Å². The third-order valence-corrected chi connectivity index (χ3v) is 6.05. The summed E-state index contributed by atoms with van der Waals surface area (Å²) in [5.74, 6) is -0.808. The van der Waals surface area contributed by atoms with Crippen molar-refractivity contribution in [2.45, 2.75) is 18.4 Å². The van der Waals surface area contributed by atoms with E-state index in [9.17, 15) is 12.8 Å². The Hall–Kier alpha value is -1.15. The first kappa shape index (κ1) is 16.2. The summed E-state index contributed by atoms with van der Waals surface area (Å²) in [5.41, 5.74) is 6.41. The molecule has 0 saturated heterocycles. The highest BCUT2D eigenvalue weighted by Gasteiger charge is 2.25. The molecule has 0 aliphatic rings. The fraction of sp³-hybridized carbons (Fsp3) is 0.231. The van der Waals surface area contributed by atoms with Crippen LogP contribution in [0.25, 0.3) is 0 Å². The zero-order valence-electron chi connectivity index (χ0n) is 11.4. The van der Waals surface area contributed by atoms with E-state index in [0.717, 1.165) is 21.3 Å². The van der Waals surface area contributed by atoms with Crippen molar-refractivity contribution in [2.24, 2.45) is 0 Å². The van der Waals surface area contributed by atoms with Crippen LogP contribution in [0.5, 0.6) is 0 Å². The Morgan fingerprint density at radius 1 is 1.38 bits per heavy atom. The van der Waals surface area contributed by atoms with E-state index in [-0.39, 0.29) is 12.2 Å². The van der Waals surface area contributed by atoms with Crippen LogP contribution in [0.4, 0.5) is 10.1 Å². The van der Waals surface area contributed by atoms with Crippen LogP contribution in [0.1, 0.15) is 10.4 Å². The van der Waals surface area contributed by atoms with Gasteiger partial charge in [-0.3, -0.25) is 0 Å². The summed E-state index contributed by atoms with van der Waals surface area (Å²) in [7, 11) is -2.57. The lowest BCUT2D eigenvalue weighted by atomic mass is 10.2. The number of nitrogens with two attached hydrogens (primary N) is 1. The molecule has 0 unspecified atom stereocenters. The molecule has 21 heavy (non-hydrogen) atoms. The maximum Gasteiger partial charge on any atom is 0.246 e. The minimum atomic E-state index is -3.96. The number of nitrogens with zero attached hydrogens (tertiary/aromatic N) is 1. The second-order valence-corrected chi connectivity index (χ2v) is 8.42. The van der Waals surface area contributed by atoms with Crippen molar-refractivity contribution in [1.82, 2.24) is 4.31 Å². The number of hydrogen-bond donors (Lipinski definition) is 1. The Labute approximate surface area is 132 Å². The second-order valence-electron chi connectivity index (χ2n) is 4.61. The maximum absolute atomic E-state index is 13.9. The zero-order valence-corrected chi connectivity index (χ0v) is 13.8. The molecule has 0 aliphatic heterocycles. The summed E-state index contributed by atoms with van der Waals surface area (Å²) in [6, 6.07) is 5.70. The lowest BCUT2D eigenvalue weighted by molar-refractivity contribution is 0.462. The highest BCUT2D eigenvalue weighted by Crippen LogP contribution is 2.27. The van der Waals surface area contributed by atoms with E-state index in [1.165, 1.54) is 18.4 Å². The smallest absolute Gasteiger partial charge is 0.246 e. The average Bonchev–Trinajstić information content (AvgIpc) is 2.79. The number of benzene rings is 1. The van der Waals surface area contributed by atoms with Crippen molar-refractivity contribution in [1.29, 1.82) is 0 Å². The molecule has 2 rings (SSSR count). The highest BCUT2D eigenvalue weighted by atomic mass is 35.5. The number of anilines is 1. The summed E-state index contributed by atoms with van der Waals surface area (Å²) < 4.78 is 40.5. The monoisotopic (exact) mass is 348 g/mol. The van der Waals surface area contributed by atoms with Crippen LogP contribution in [0, 0.1) is 12.7 Å². The molecule has 0 bridgehead atoms. The van der Waals surface area contributed by atoms with Gasteiger partial charge in [0.15, 0.2) is 0 Å². The molecular formula is C13H14ClFN2O2S2. The molecule has 0 amide bonds. The first-order valence-corrected chi connectivity index (χ1v) is 8.61. The Balaban J connectivity index is 2.35. The molecule has 1 heterocycles. The average molecular weight is 349 g/mol. The summed E-state index contributed by atoms with van der Waals surface area (Å²) in [5, 5.41) is 0. The SMILES string of the molecule is Cc1cc(F)c(S(=O)(=O)N(C)Cc2ccc(Cl)s2)cc1N. The van der Waals surface area contributed by atoms with Crippen molar-refractivity contribution in [3.8, 4) is 0 Å². The van der Waals surface area contributed by atoms with Crippen molar-refractivity contribution < 1.29 is 12.8 Å². The molecule has 8 heteroatoms. The molecule has 0 saturated carbocycles. The van der Waals surface area contributed by atoms with Crippen molar-refractivity contribution in [2.75, 3.05) is 12.8 Å². The van der Waals surface area contributed by atoms with Gasteiger partial charge in [0.1, 0.15) is 10.7 Å². The molecule has 114 valence electrons. The number of hydrogen-bond acceptors (Lipinski definition) is 4. The molecule has 1 aromatic carbocycles. The van der Waals surface area contributed by atoms with E-state index in [2.05, 4.69) is 0 Å². The molecule has 2 N–H and O–H groups in total. The minimum absolute atomic E-state index is 0.118. The van der Waals surface area contributed by atoms with Crippen LogP contribution in [0.2, 0.25) is 4.34 Å². The Bertz CT molecular complexity index is 774. The quantitative estimate of drug-likeness (QED) is 0.862. The molecule has 2 aromatic rings. The Kier molecular flexibility index (Phi) is 4.57. The molecule has 4 nitrogen and oxygen atoms in total. The van der Waals surface area contributed by atoms with Crippen LogP contribution >= 0.6 is 22.9 Å². The molecule has 0 aliphatic carbocycles. The minimum Gasteiger partial charge on any atom is -0.398 e. The third kappa shape index (κ3) is 3.37. The van der Waals surface area contributed by atoms with E-state index >= 15 is 0 Å². The van der Waals surface area contributed by atoms with Gasteiger partial charge < -0.3 is 5.73 Å². The first-order chi connectivity index (χ1) is 9.71. The second kappa shape index (κ2) is 5.92. The van der Waals surface area contributed by atoms with Gasteiger partial charge in [-0.1, -0.05) is 11.6 Å². The summed E-state index contributed by atoms with van der Waals surface area (Å²) in [4.78, 5) is 0.349. The number of rotatable bonds is 4. The largest absolute Gasteiger partial charge is 0.398 e. The zero-order chi connectivity index (χ0) is 15.8. The van der Waals surface area contributed by atoms with Gasteiger partial charge in [-0.2, -0.15) is 4.31 Å². The van der Waals surface area contributed by atoms with Crippen molar-refractivity contribution in [3.05, 3.63) is 44.9 Å². The Morgan fingerprint density at radius 3 is 2.62 bits per heavy atom. The van der Waals surface area contributed by atoms with Gasteiger partial charge in [0.2, 0.25) is 10.0 Å². The van der Waals surface area contributed by atoms with Crippen LogP contribution in [-0.4, -0.2) is 19.8 Å². The third-order valence-electron chi connectivity index (χ3n) is 3.02. The normalized spacial score (nSPS) is 12.0. The van der Waals surface area contributed by atoms with Gasteiger partial charge in [-0.15, -0.1) is 11.3 Å². The number of sulfonamides is 1. The summed E-state index contributed by atoms with van der Waals surface area (Å²) in [6.07, 6.45) is 0. The van der Waals surface area contributed by atoms with Crippen molar-refractivity contribution >= 4 is 38.6 Å². The predicted octanol–water partition coefficient (Wildman–Crippen LogP) is 3.25.